The Kier molecular flexibility index (Phi) is 4.70. The molecule has 6 nitrogen and oxygen atoms in total. The van der Waals surface area contributed by atoms with E-state index in [4.69, 9.17) is 5.73 Å². The number of amides is 2. The first-order valence-corrected chi connectivity index (χ1v) is 5.47. The Balaban J connectivity index is 2.27. The van der Waals surface area contributed by atoms with E-state index in [0.29, 0.717) is 12.5 Å². The number of imide groups is 1. The van der Waals surface area contributed by atoms with E-state index in [1.807, 2.05) is 11.8 Å². The second kappa shape index (κ2) is 5.81. The van der Waals surface area contributed by atoms with Crippen LogP contribution in [-0.2, 0) is 9.53 Å². The zero-order chi connectivity index (χ0) is 12.1. The maximum atomic E-state index is 11.4. The zero-order valence-electron chi connectivity index (χ0n) is 9.73. The summed E-state index contributed by atoms with van der Waals surface area (Å²) in [6.07, 6.45) is -0.691. The highest BCUT2D eigenvalue weighted by molar-refractivity contribution is 5.92. The van der Waals surface area contributed by atoms with E-state index < -0.39 is 6.09 Å². The lowest BCUT2D eigenvalue weighted by Gasteiger charge is -2.13. The fourth-order valence-corrected chi connectivity index (χ4v) is 1.75. The van der Waals surface area contributed by atoms with Crippen molar-refractivity contribution in [1.29, 1.82) is 0 Å². The smallest absolute Gasteiger partial charge is 0.413 e. The largest absolute Gasteiger partial charge is 0.450 e. The summed E-state index contributed by atoms with van der Waals surface area (Å²) in [5, 5.41) is 2.15. The first-order chi connectivity index (χ1) is 7.52. The third-order valence-corrected chi connectivity index (χ3v) is 2.63. The van der Waals surface area contributed by atoms with E-state index in [0.717, 1.165) is 6.54 Å². The molecule has 0 bridgehead atoms. The molecular formula is C10H19N3O3. The summed E-state index contributed by atoms with van der Waals surface area (Å²) >= 11 is 0. The summed E-state index contributed by atoms with van der Waals surface area (Å²) in [5.74, 6) is 0.0372. The van der Waals surface area contributed by atoms with Crippen molar-refractivity contribution in [2.45, 2.75) is 19.9 Å². The molecule has 2 atom stereocenters. The molecule has 0 aromatic heterocycles. The molecule has 1 rings (SSSR count). The highest BCUT2D eigenvalue weighted by Gasteiger charge is 2.27. The maximum Gasteiger partial charge on any atom is 0.413 e. The lowest BCUT2D eigenvalue weighted by Crippen LogP contribution is -2.40. The van der Waals surface area contributed by atoms with Crippen LogP contribution in [-0.4, -0.2) is 49.2 Å². The summed E-state index contributed by atoms with van der Waals surface area (Å²) in [6.45, 7) is 5.66. The number of alkyl carbamates (subject to hydrolysis) is 1. The summed E-state index contributed by atoms with van der Waals surface area (Å²) in [6, 6.07) is 0.107. The molecule has 2 unspecified atom stereocenters. The summed E-state index contributed by atoms with van der Waals surface area (Å²) in [5.41, 5.74) is 5.83. The fourth-order valence-electron chi connectivity index (χ4n) is 1.75. The number of rotatable bonds is 3. The van der Waals surface area contributed by atoms with Gasteiger partial charge in [-0.05, 0) is 12.8 Å². The van der Waals surface area contributed by atoms with Crippen molar-refractivity contribution in [3.05, 3.63) is 0 Å². The Morgan fingerprint density at radius 1 is 1.50 bits per heavy atom. The van der Waals surface area contributed by atoms with Crippen LogP contribution in [0.2, 0.25) is 0 Å². The molecule has 0 aliphatic carbocycles. The minimum atomic E-state index is -0.691. The Morgan fingerprint density at radius 3 is 2.69 bits per heavy atom. The molecule has 0 aromatic rings. The molecule has 1 heterocycles. The summed E-state index contributed by atoms with van der Waals surface area (Å²) in [4.78, 5) is 24.3. The minimum Gasteiger partial charge on any atom is -0.450 e. The first-order valence-electron chi connectivity index (χ1n) is 5.47. The van der Waals surface area contributed by atoms with Crippen LogP contribution in [0.4, 0.5) is 4.79 Å². The van der Waals surface area contributed by atoms with Crippen LogP contribution >= 0.6 is 0 Å². The van der Waals surface area contributed by atoms with Crippen molar-refractivity contribution in [3.63, 3.8) is 0 Å². The Labute approximate surface area is 95.1 Å². The molecule has 1 aliphatic heterocycles. The SMILES string of the molecule is CCOC(=O)NC(=O)CN1CC(C)C(N)C1. The van der Waals surface area contributed by atoms with E-state index in [1.54, 1.807) is 6.92 Å². The average Bonchev–Trinajstić information content (AvgIpc) is 2.45. The predicted octanol–water partition coefficient (Wildman–Crippen LogP) is -0.462. The van der Waals surface area contributed by atoms with Gasteiger partial charge in [-0.2, -0.15) is 0 Å². The van der Waals surface area contributed by atoms with E-state index in [2.05, 4.69) is 10.1 Å². The molecule has 0 saturated carbocycles. The van der Waals surface area contributed by atoms with Crippen LogP contribution in [0.15, 0.2) is 0 Å². The Bertz CT molecular complexity index is 260. The fraction of sp³-hybridized carbons (Fsp3) is 0.800. The van der Waals surface area contributed by atoms with Gasteiger partial charge in [0.1, 0.15) is 0 Å². The molecule has 1 saturated heterocycles. The molecule has 0 aromatic carbocycles. The van der Waals surface area contributed by atoms with E-state index in [1.165, 1.54) is 0 Å². The van der Waals surface area contributed by atoms with Gasteiger partial charge in [-0.3, -0.25) is 15.0 Å². The Morgan fingerprint density at radius 2 is 2.19 bits per heavy atom. The van der Waals surface area contributed by atoms with Gasteiger partial charge in [0.15, 0.2) is 0 Å². The number of nitrogens with zero attached hydrogens (tertiary/aromatic N) is 1. The highest BCUT2D eigenvalue weighted by Crippen LogP contribution is 2.13. The molecule has 3 N–H and O–H groups in total. The third-order valence-electron chi connectivity index (χ3n) is 2.63. The normalized spacial score (nSPS) is 25.4. The molecule has 2 amide bonds. The van der Waals surface area contributed by atoms with Gasteiger partial charge in [-0.25, -0.2) is 4.79 Å². The standard InChI is InChI=1S/C10H19N3O3/c1-3-16-10(15)12-9(14)6-13-4-7(2)8(11)5-13/h7-8H,3-6,11H2,1-2H3,(H,12,14,15). The first kappa shape index (κ1) is 12.9. The molecular weight excluding hydrogens is 210 g/mol. The van der Waals surface area contributed by atoms with Gasteiger partial charge in [-0.15, -0.1) is 0 Å². The molecule has 1 fully saturated rings. The van der Waals surface area contributed by atoms with E-state index >= 15 is 0 Å². The summed E-state index contributed by atoms with van der Waals surface area (Å²) < 4.78 is 4.61. The van der Waals surface area contributed by atoms with Crippen LogP contribution in [0, 0.1) is 5.92 Å². The third kappa shape index (κ3) is 3.79. The van der Waals surface area contributed by atoms with Gasteiger partial charge in [0.2, 0.25) is 5.91 Å². The van der Waals surface area contributed by atoms with Crippen molar-refractivity contribution in [2.75, 3.05) is 26.2 Å². The summed E-state index contributed by atoms with van der Waals surface area (Å²) in [7, 11) is 0. The van der Waals surface area contributed by atoms with Crippen molar-refractivity contribution >= 4 is 12.0 Å². The van der Waals surface area contributed by atoms with Gasteiger partial charge in [0.05, 0.1) is 13.2 Å². The van der Waals surface area contributed by atoms with Crippen molar-refractivity contribution in [2.24, 2.45) is 11.7 Å². The van der Waals surface area contributed by atoms with Gasteiger partial charge in [0.25, 0.3) is 0 Å². The number of nitrogens with two attached hydrogens (primary N) is 1. The molecule has 1 aliphatic rings. The number of likely N-dealkylation sites (tertiary alicyclic amines) is 1. The molecule has 92 valence electrons. The van der Waals surface area contributed by atoms with Crippen molar-refractivity contribution < 1.29 is 14.3 Å². The minimum absolute atomic E-state index is 0.107. The quantitative estimate of drug-likeness (QED) is 0.684. The highest BCUT2D eigenvalue weighted by atomic mass is 16.5. The van der Waals surface area contributed by atoms with Crippen molar-refractivity contribution in [1.82, 2.24) is 10.2 Å². The van der Waals surface area contributed by atoms with Crippen LogP contribution in [0.25, 0.3) is 0 Å². The average molecular weight is 229 g/mol. The maximum absolute atomic E-state index is 11.4. The number of carbonyl (C=O) groups is 2. The van der Waals surface area contributed by atoms with E-state index in [-0.39, 0.29) is 25.1 Å². The number of ether oxygens (including phenoxy) is 1. The second-order valence-electron chi connectivity index (χ2n) is 4.10. The number of hydrogen-bond donors (Lipinski definition) is 2. The lowest BCUT2D eigenvalue weighted by atomic mass is 10.1. The second-order valence-corrected chi connectivity index (χ2v) is 4.10. The molecule has 0 radical (unpaired) electrons. The van der Waals surface area contributed by atoms with E-state index in [9.17, 15) is 9.59 Å². The predicted molar refractivity (Wildman–Crippen MR) is 58.7 cm³/mol. The number of carbonyl (C=O) groups excluding carboxylic acids is 2. The van der Waals surface area contributed by atoms with Crippen LogP contribution in [0.5, 0.6) is 0 Å². The van der Waals surface area contributed by atoms with Crippen LogP contribution in [0.1, 0.15) is 13.8 Å². The van der Waals surface area contributed by atoms with Gasteiger partial charge in [-0.1, -0.05) is 6.92 Å². The zero-order valence-corrected chi connectivity index (χ0v) is 9.73. The number of nitrogens with one attached hydrogen (secondary N) is 1. The molecule has 16 heavy (non-hydrogen) atoms. The number of hydrogen-bond acceptors (Lipinski definition) is 5. The van der Waals surface area contributed by atoms with Gasteiger partial charge < -0.3 is 10.5 Å². The Hall–Kier alpha value is -1.14. The molecule has 0 spiro atoms. The monoisotopic (exact) mass is 229 g/mol. The van der Waals surface area contributed by atoms with Gasteiger partial charge in [0, 0.05) is 19.1 Å². The topological polar surface area (TPSA) is 84.7 Å². The van der Waals surface area contributed by atoms with Gasteiger partial charge >= 0.3 is 6.09 Å². The lowest BCUT2D eigenvalue weighted by molar-refractivity contribution is -0.121. The van der Waals surface area contributed by atoms with Crippen LogP contribution < -0.4 is 11.1 Å². The van der Waals surface area contributed by atoms with Crippen molar-refractivity contribution in [3.8, 4) is 0 Å². The van der Waals surface area contributed by atoms with Crippen LogP contribution in [0.3, 0.4) is 0 Å². The molecule has 6 heteroatoms.